The Bertz CT molecular complexity index is 1040. The van der Waals surface area contributed by atoms with Gasteiger partial charge in [-0.25, -0.2) is 0 Å². The molecule has 0 N–H and O–H groups in total. The van der Waals surface area contributed by atoms with E-state index in [1.165, 1.54) is 0 Å². The number of fused-ring (bicyclic) bond motifs is 1. The summed E-state index contributed by atoms with van der Waals surface area (Å²) in [5.41, 5.74) is 1.24. The minimum absolute atomic E-state index is 0.0788. The van der Waals surface area contributed by atoms with Gasteiger partial charge in [-0.1, -0.05) is 30.9 Å². The summed E-state index contributed by atoms with van der Waals surface area (Å²) in [6, 6.07) is 14.1. The summed E-state index contributed by atoms with van der Waals surface area (Å²) in [6.45, 7) is 0.193. The van der Waals surface area contributed by atoms with E-state index in [-0.39, 0.29) is 24.5 Å². The summed E-state index contributed by atoms with van der Waals surface area (Å²) in [5, 5.41) is 0. The molecule has 0 radical (unpaired) electrons. The fourth-order valence-corrected chi connectivity index (χ4v) is 5.17. The van der Waals surface area contributed by atoms with Crippen molar-refractivity contribution in [3.8, 4) is 23.8 Å². The number of ether oxygens (including phenoxy) is 2. The Balaban J connectivity index is 1.60. The molecule has 6 nitrogen and oxygen atoms in total. The zero-order valence-corrected chi connectivity index (χ0v) is 19.2. The second-order valence-electron chi connectivity index (χ2n) is 8.66. The number of hydrogen-bond acceptors (Lipinski definition) is 4. The monoisotopic (exact) mass is 446 g/mol. The maximum absolute atomic E-state index is 13.7. The number of hydrogen-bond donors (Lipinski definition) is 0. The van der Waals surface area contributed by atoms with Crippen LogP contribution in [0.2, 0.25) is 0 Å². The highest BCUT2D eigenvalue weighted by Gasteiger charge is 2.48. The normalized spacial score (nSPS) is 21.6. The van der Waals surface area contributed by atoms with Crippen LogP contribution in [0.25, 0.3) is 0 Å². The number of anilines is 1. The second-order valence-corrected chi connectivity index (χ2v) is 8.66. The lowest BCUT2D eigenvalue weighted by molar-refractivity contribution is -0.122. The number of likely N-dealkylation sites (tertiary alicyclic amines) is 1. The van der Waals surface area contributed by atoms with E-state index in [0.29, 0.717) is 29.4 Å². The second kappa shape index (κ2) is 9.99. The van der Waals surface area contributed by atoms with Crippen LogP contribution in [0.15, 0.2) is 48.5 Å². The molecule has 2 aliphatic rings. The molecule has 2 fully saturated rings. The molecule has 3 atom stereocenters. The minimum atomic E-state index is -0.502. The van der Waals surface area contributed by atoms with Gasteiger partial charge in [-0.15, -0.1) is 6.42 Å². The smallest absolute Gasteiger partial charge is 0.258 e. The Hall–Kier alpha value is -3.46. The first-order chi connectivity index (χ1) is 16.0. The van der Waals surface area contributed by atoms with Crippen LogP contribution in [-0.2, 0) is 4.79 Å². The molecule has 1 saturated heterocycles. The van der Waals surface area contributed by atoms with Crippen molar-refractivity contribution >= 4 is 17.5 Å². The Morgan fingerprint density at radius 1 is 1.12 bits per heavy atom. The van der Waals surface area contributed by atoms with E-state index in [9.17, 15) is 9.59 Å². The minimum Gasteiger partial charge on any atom is -0.496 e. The first-order valence-electron chi connectivity index (χ1n) is 11.4. The first-order valence-corrected chi connectivity index (χ1v) is 11.4. The SMILES string of the molecule is C#CCOc1ccc(N(C)C(=O)C2CC3CCCCC3N2C(=O)c2ccccc2OC)cc1. The number of likely N-dealkylation sites (N-methyl/N-ethyl adjacent to an activating group) is 1. The standard InChI is InChI=1S/C27H30N2O4/c1-4-17-33-21-15-13-20(14-16-21)28(2)27(31)24-18-19-9-5-7-11-23(19)29(24)26(30)22-10-6-8-12-25(22)32-3/h1,6,8,10,12-16,19,23-24H,5,7,9,11,17-18H2,2-3H3. The average molecular weight is 447 g/mol. The fourth-order valence-electron chi connectivity index (χ4n) is 5.17. The molecule has 2 aromatic rings. The van der Waals surface area contributed by atoms with Crippen molar-refractivity contribution in [1.29, 1.82) is 0 Å². The van der Waals surface area contributed by atoms with Gasteiger partial charge in [-0.3, -0.25) is 9.59 Å². The molecule has 4 rings (SSSR count). The van der Waals surface area contributed by atoms with Crippen molar-refractivity contribution < 1.29 is 19.1 Å². The lowest BCUT2D eigenvalue weighted by Crippen LogP contribution is -2.50. The molecule has 2 amide bonds. The van der Waals surface area contributed by atoms with E-state index in [0.717, 1.165) is 31.4 Å². The third-order valence-electron chi connectivity index (χ3n) is 6.82. The van der Waals surface area contributed by atoms with Gasteiger partial charge in [0.1, 0.15) is 24.1 Å². The van der Waals surface area contributed by atoms with E-state index < -0.39 is 6.04 Å². The molecule has 3 unspecified atom stereocenters. The number of amides is 2. The molecule has 0 aromatic heterocycles. The summed E-state index contributed by atoms with van der Waals surface area (Å²) < 4.78 is 10.9. The molecule has 1 saturated carbocycles. The maximum Gasteiger partial charge on any atom is 0.258 e. The molecule has 1 aliphatic heterocycles. The van der Waals surface area contributed by atoms with Crippen LogP contribution in [0.4, 0.5) is 5.69 Å². The number of carbonyl (C=O) groups excluding carboxylic acids is 2. The maximum atomic E-state index is 13.7. The number of carbonyl (C=O) groups is 2. The summed E-state index contributed by atoms with van der Waals surface area (Å²) >= 11 is 0. The molecule has 0 spiro atoms. The lowest BCUT2D eigenvalue weighted by atomic mass is 9.84. The van der Waals surface area contributed by atoms with Crippen LogP contribution in [0.5, 0.6) is 11.5 Å². The van der Waals surface area contributed by atoms with Crippen LogP contribution in [-0.4, -0.2) is 49.6 Å². The highest BCUT2D eigenvalue weighted by atomic mass is 16.5. The number of terminal acetylenes is 1. The number of nitrogens with zero attached hydrogens (tertiary/aromatic N) is 2. The molecular weight excluding hydrogens is 416 g/mol. The molecule has 0 bridgehead atoms. The van der Waals surface area contributed by atoms with E-state index >= 15 is 0 Å². The molecule has 6 heteroatoms. The molecule has 172 valence electrons. The van der Waals surface area contributed by atoms with E-state index in [4.69, 9.17) is 15.9 Å². The molecule has 2 aromatic carbocycles. The van der Waals surface area contributed by atoms with Gasteiger partial charge in [0.2, 0.25) is 5.91 Å². The van der Waals surface area contributed by atoms with E-state index in [2.05, 4.69) is 5.92 Å². The molecule has 1 heterocycles. The quantitative estimate of drug-likeness (QED) is 0.626. The van der Waals surface area contributed by atoms with Gasteiger partial charge in [0.25, 0.3) is 5.91 Å². The largest absolute Gasteiger partial charge is 0.496 e. The predicted octanol–water partition coefficient (Wildman–Crippen LogP) is 4.14. The molecular formula is C27H30N2O4. The van der Waals surface area contributed by atoms with Crippen molar-refractivity contribution in [2.24, 2.45) is 5.92 Å². The zero-order chi connectivity index (χ0) is 23.4. The summed E-state index contributed by atoms with van der Waals surface area (Å²) in [5.74, 6) is 3.75. The van der Waals surface area contributed by atoms with Gasteiger partial charge in [-0.2, -0.15) is 0 Å². The zero-order valence-electron chi connectivity index (χ0n) is 19.2. The van der Waals surface area contributed by atoms with E-state index in [1.807, 2.05) is 29.2 Å². The Labute approximate surface area is 195 Å². The third kappa shape index (κ3) is 4.54. The topological polar surface area (TPSA) is 59.1 Å². The van der Waals surface area contributed by atoms with Gasteiger partial charge in [0.15, 0.2) is 0 Å². The van der Waals surface area contributed by atoms with Crippen molar-refractivity contribution in [2.45, 2.75) is 44.2 Å². The van der Waals surface area contributed by atoms with Crippen LogP contribution in [0.3, 0.4) is 0 Å². The predicted molar refractivity (Wildman–Crippen MR) is 127 cm³/mol. The average Bonchev–Trinajstić information content (AvgIpc) is 3.26. The Kier molecular flexibility index (Phi) is 6.88. The van der Waals surface area contributed by atoms with Crippen molar-refractivity contribution in [1.82, 2.24) is 4.90 Å². The number of rotatable bonds is 6. The van der Waals surface area contributed by atoms with Crippen LogP contribution >= 0.6 is 0 Å². The molecule has 33 heavy (non-hydrogen) atoms. The van der Waals surface area contributed by atoms with E-state index in [1.54, 1.807) is 43.3 Å². The third-order valence-corrected chi connectivity index (χ3v) is 6.82. The number of methoxy groups -OCH3 is 1. The highest BCUT2D eigenvalue weighted by molar-refractivity contribution is 6.03. The lowest BCUT2D eigenvalue weighted by Gasteiger charge is -2.35. The highest BCUT2D eigenvalue weighted by Crippen LogP contribution is 2.42. The number of para-hydroxylation sites is 1. The Morgan fingerprint density at radius 2 is 1.85 bits per heavy atom. The Morgan fingerprint density at radius 3 is 2.58 bits per heavy atom. The van der Waals surface area contributed by atoms with Gasteiger partial charge >= 0.3 is 0 Å². The van der Waals surface area contributed by atoms with Crippen molar-refractivity contribution in [2.75, 3.05) is 25.7 Å². The summed E-state index contributed by atoms with van der Waals surface area (Å²) in [7, 11) is 3.32. The fraction of sp³-hybridized carbons (Fsp3) is 0.407. The summed E-state index contributed by atoms with van der Waals surface area (Å²) in [6.07, 6.45) is 10.1. The summed E-state index contributed by atoms with van der Waals surface area (Å²) in [4.78, 5) is 30.9. The van der Waals surface area contributed by atoms with Crippen molar-refractivity contribution in [3.63, 3.8) is 0 Å². The van der Waals surface area contributed by atoms with Crippen LogP contribution in [0, 0.1) is 18.3 Å². The van der Waals surface area contributed by atoms with Crippen molar-refractivity contribution in [3.05, 3.63) is 54.1 Å². The van der Waals surface area contributed by atoms with Gasteiger partial charge < -0.3 is 19.3 Å². The van der Waals surface area contributed by atoms with Gasteiger partial charge in [0.05, 0.1) is 12.7 Å². The first kappa shape index (κ1) is 22.7. The van der Waals surface area contributed by atoms with Gasteiger partial charge in [0, 0.05) is 18.8 Å². The van der Waals surface area contributed by atoms with Gasteiger partial charge in [-0.05, 0) is 61.6 Å². The van der Waals surface area contributed by atoms with Crippen LogP contribution in [0.1, 0.15) is 42.5 Å². The van der Waals surface area contributed by atoms with Crippen LogP contribution < -0.4 is 14.4 Å². The molecule has 1 aliphatic carbocycles. The number of benzene rings is 2.